The zero-order chi connectivity index (χ0) is 17.0. The van der Waals surface area contributed by atoms with Gasteiger partial charge in [-0.25, -0.2) is 8.42 Å². The van der Waals surface area contributed by atoms with Gasteiger partial charge in [-0.2, -0.15) is 4.31 Å². The molecule has 1 aliphatic heterocycles. The normalized spacial score (nSPS) is 37.2. The van der Waals surface area contributed by atoms with Crippen LogP contribution in [0, 0.1) is 16.7 Å². The molecule has 1 amide bonds. The first-order chi connectivity index (χ1) is 10.6. The highest BCUT2D eigenvalue weighted by Crippen LogP contribution is 2.64. The lowest BCUT2D eigenvalue weighted by Crippen LogP contribution is -2.53. The number of Topliss-reactive ketones (excluding diaryl/α,β-unsaturated/α-hetero) is 1. The molecule has 0 aromatic heterocycles. The molecule has 23 heavy (non-hydrogen) atoms. The summed E-state index contributed by atoms with van der Waals surface area (Å²) < 4.78 is 32.3. The predicted octanol–water partition coefficient (Wildman–Crippen LogP) is -0.102. The number of nitrogens with two attached hydrogens (primary N) is 1. The van der Waals surface area contributed by atoms with Crippen molar-refractivity contribution in [3.63, 3.8) is 0 Å². The number of carbonyl (C=O) groups excluding carboxylic acids is 2. The van der Waals surface area contributed by atoms with E-state index in [1.807, 2.05) is 13.8 Å². The summed E-state index contributed by atoms with van der Waals surface area (Å²) in [6, 6.07) is 0. The van der Waals surface area contributed by atoms with Gasteiger partial charge in [0.2, 0.25) is 15.9 Å². The summed E-state index contributed by atoms with van der Waals surface area (Å²) in [7, 11) is -3.66. The molecule has 3 atom stereocenters. The van der Waals surface area contributed by atoms with Crippen LogP contribution >= 0.6 is 0 Å². The summed E-state index contributed by atoms with van der Waals surface area (Å²) in [5.41, 5.74) is 4.13. The highest BCUT2D eigenvalue weighted by atomic mass is 32.2. The summed E-state index contributed by atoms with van der Waals surface area (Å²) in [5.74, 6) is -0.495. The molecule has 2 N–H and O–H groups in total. The molecule has 1 heterocycles. The van der Waals surface area contributed by atoms with Gasteiger partial charge in [-0.3, -0.25) is 9.59 Å². The van der Waals surface area contributed by atoms with Crippen molar-refractivity contribution >= 4 is 21.7 Å². The first kappa shape index (κ1) is 16.9. The summed E-state index contributed by atoms with van der Waals surface area (Å²) in [6.07, 6.45) is 1.10. The van der Waals surface area contributed by atoms with Gasteiger partial charge < -0.3 is 10.5 Å². The number of ketones is 1. The van der Waals surface area contributed by atoms with Crippen LogP contribution in [-0.4, -0.2) is 56.0 Å². The van der Waals surface area contributed by atoms with Crippen LogP contribution < -0.4 is 5.73 Å². The zero-order valence-electron chi connectivity index (χ0n) is 13.6. The molecule has 1 saturated heterocycles. The smallest absolute Gasteiger partial charge is 0.247 e. The van der Waals surface area contributed by atoms with E-state index < -0.39 is 27.4 Å². The Morgan fingerprint density at radius 1 is 1.43 bits per heavy atom. The number of primary amides is 1. The van der Waals surface area contributed by atoms with E-state index in [0.29, 0.717) is 12.8 Å². The first-order valence-corrected chi connectivity index (χ1v) is 9.63. The van der Waals surface area contributed by atoms with Crippen molar-refractivity contribution in [2.45, 2.75) is 39.2 Å². The minimum atomic E-state index is -3.66. The summed E-state index contributed by atoms with van der Waals surface area (Å²) in [5, 5.41) is 0. The molecule has 0 spiro atoms. The Kier molecular flexibility index (Phi) is 3.85. The molecule has 2 aliphatic carbocycles. The third-order valence-electron chi connectivity index (χ3n) is 6.31. The summed E-state index contributed by atoms with van der Waals surface area (Å²) in [4.78, 5) is 23.8. The summed E-state index contributed by atoms with van der Waals surface area (Å²) in [6.45, 7) is 4.29. The Labute approximate surface area is 136 Å². The molecule has 7 nitrogen and oxygen atoms in total. The molecule has 0 unspecified atom stereocenters. The van der Waals surface area contributed by atoms with Crippen molar-refractivity contribution in [3.8, 4) is 0 Å². The molecule has 3 rings (SSSR count). The molecular weight excluding hydrogens is 320 g/mol. The molecule has 0 aromatic carbocycles. The second kappa shape index (κ2) is 5.26. The van der Waals surface area contributed by atoms with Crippen LogP contribution in [0.25, 0.3) is 0 Å². The molecule has 2 bridgehead atoms. The van der Waals surface area contributed by atoms with E-state index in [2.05, 4.69) is 0 Å². The summed E-state index contributed by atoms with van der Waals surface area (Å²) >= 11 is 0. The van der Waals surface area contributed by atoms with Crippen LogP contribution in [0.2, 0.25) is 0 Å². The van der Waals surface area contributed by atoms with E-state index in [4.69, 9.17) is 10.5 Å². The highest BCUT2D eigenvalue weighted by Gasteiger charge is 2.65. The monoisotopic (exact) mass is 344 g/mol. The van der Waals surface area contributed by atoms with Gasteiger partial charge in [0.15, 0.2) is 0 Å². The number of carbonyl (C=O) groups is 2. The molecular formula is C15H24N2O5S. The zero-order valence-corrected chi connectivity index (χ0v) is 14.4. The van der Waals surface area contributed by atoms with Crippen LogP contribution in [-0.2, 0) is 24.3 Å². The van der Waals surface area contributed by atoms with Crippen LogP contribution in [0.3, 0.4) is 0 Å². The number of fused-ring (bicyclic) bond motifs is 2. The standard InChI is InChI=1S/C15H24N2O5S/c1-14(2)10-3-4-15(14,12(18)7-10)9-23(20,21)17-5-6-22-11(8-17)13(16)19/h10-11H,3-9H2,1-2H3,(H2,16,19)/t10-,11-,15+/m0/s1. The van der Waals surface area contributed by atoms with Crippen LogP contribution in [0.5, 0.6) is 0 Å². The Morgan fingerprint density at radius 3 is 2.65 bits per heavy atom. The lowest BCUT2D eigenvalue weighted by molar-refractivity contribution is -0.133. The van der Waals surface area contributed by atoms with Gasteiger partial charge in [0.25, 0.3) is 0 Å². The largest absolute Gasteiger partial charge is 0.367 e. The van der Waals surface area contributed by atoms with Crippen LogP contribution in [0.1, 0.15) is 33.1 Å². The lowest BCUT2D eigenvalue weighted by atomic mass is 9.70. The van der Waals surface area contributed by atoms with Crippen LogP contribution in [0.15, 0.2) is 0 Å². The second-order valence-corrected chi connectivity index (χ2v) is 9.51. The fraction of sp³-hybridized carbons (Fsp3) is 0.867. The Bertz CT molecular complexity index is 644. The highest BCUT2D eigenvalue weighted by molar-refractivity contribution is 7.89. The Balaban J connectivity index is 1.84. The third kappa shape index (κ3) is 2.42. The lowest BCUT2D eigenvalue weighted by Gasteiger charge is -2.39. The SMILES string of the molecule is CC1(C)[C@H]2CC[C@@]1(CS(=O)(=O)N1CCO[C@H](C(N)=O)C1)C(=O)C2. The van der Waals surface area contributed by atoms with E-state index in [1.54, 1.807) is 0 Å². The minimum absolute atomic E-state index is 0.0637. The fourth-order valence-electron chi connectivity index (χ4n) is 4.56. The molecule has 3 aliphatic rings. The Hall–Kier alpha value is -0.990. The molecule has 0 aromatic rings. The average Bonchev–Trinajstić information content (AvgIpc) is 2.81. The second-order valence-electron chi connectivity index (χ2n) is 7.54. The average molecular weight is 344 g/mol. The van der Waals surface area contributed by atoms with Gasteiger partial charge in [-0.1, -0.05) is 13.8 Å². The van der Waals surface area contributed by atoms with Crippen LogP contribution in [0.4, 0.5) is 0 Å². The quantitative estimate of drug-likeness (QED) is 0.766. The third-order valence-corrected chi connectivity index (χ3v) is 8.28. The number of nitrogens with zero attached hydrogens (tertiary/aromatic N) is 1. The number of amides is 1. The van der Waals surface area contributed by atoms with Gasteiger partial charge in [-0.05, 0) is 24.2 Å². The first-order valence-electron chi connectivity index (χ1n) is 8.02. The molecule has 0 radical (unpaired) electrons. The number of sulfonamides is 1. The van der Waals surface area contributed by atoms with Crippen molar-refractivity contribution in [1.82, 2.24) is 4.31 Å². The van der Waals surface area contributed by atoms with Crippen molar-refractivity contribution in [2.75, 3.05) is 25.4 Å². The maximum Gasteiger partial charge on any atom is 0.247 e. The van der Waals surface area contributed by atoms with Crippen molar-refractivity contribution < 1.29 is 22.7 Å². The van der Waals surface area contributed by atoms with E-state index in [0.717, 1.165) is 6.42 Å². The van der Waals surface area contributed by atoms with Gasteiger partial charge in [-0.15, -0.1) is 0 Å². The molecule has 3 fully saturated rings. The van der Waals surface area contributed by atoms with Crippen molar-refractivity contribution in [3.05, 3.63) is 0 Å². The maximum atomic E-state index is 12.9. The van der Waals surface area contributed by atoms with Crippen molar-refractivity contribution in [2.24, 2.45) is 22.5 Å². The molecule has 130 valence electrons. The van der Waals surface area contributed by atoms with Gasteiger partial charge in [0.1, 0.15) is 11.9 Å². The van der Waals surface area contributed by atoms with Gasteiger partial charge in [0.05, 0.1) is 12.4 Å². The number of rotatable bonds is 4. The Morgan fingerprint density at radius 2 is 2.13 bits per heavy atom. The van der Waals surface area contributed by atoms with E-state index in [-0.39, 0.29) is 42.6 Å². The predicted molar refractivity (Wildman–Crippen MR) is 82.9 cm³/mol. The van der Waals surface area contributed by atoms with E-state index >= 15 is 0 Å². The molecule has 8 heteroatoms. The maximum absolute atomic E-state index is 12.9. The number of hydrogen-bond acceptors (Lipinski definition) is 5. The van der Waals surface area contributed by atoms with Gasteiger partial charge >= 0.3 is 0 Å². The molecule has 2 saturated carbocycles. The van der Waals surface area contributed by atoms with Gasteiger partial charge in [0, 0.05) is 24.9 Å². The minimum Gasteiger partial charge on any atom is -0.367 e. The van der Waals surface area contributed by atoms with Crippen molar-refractivity contribution in [1.29, 1.82) is 0 Å². The number of ether oxygens (including phenoxy) is 1. The van der Waals surface area contributed by atoms with E-state index in [9.17, 15) is 18.0 Å². The number of hydrogen-bond donors (Lipinski definition) is 1. The topological polar surface area (TPSA) is 107 Å². The number of morpholine rings is 1. The van der Waals surface area contributed by atoms with E-state index in [1.165, 1.54) is 4.31 Å². The fourth-order valence-corrected chi connectivity index (χ4v) is 6.76.